The van der Waals surface area contributed by atoms with Crippen molar-refractivity contribution >= 4 is 35.5 Å². The molecule has 222 valence electrons. The molecule has 3 aromatic carbocycles. The van der Waals surface area contributed by atoms with Gasteiger partial charge in [-0.1, -0.05) is 18.2 Å². The standard InChI is InChI=1S/C34H32F2N4O2.ClH/c1-39-11-13-40(14-12-39)28-7-8-29(25(19-28)20-33(41)32-3-2-10-37-32)34(42)38-31-9-6-24-5-4-22(18-30(24)31)15-23-16-26(35)21-27(36)17-23;/h2-5,7-10,16-19,21,37H,6,11-15,20H2,1H3,(H,38,42);1H. The van der Waals surface area contributed by atoms with Crippen LogP contribution in [0.4, 0.5) is 14.5 Å². The molecule has 0 bridgehead atoms. The Labute approximate surface area is 255 Å². The number of likely N-dealkylation sites (N-methyl/N-ethyl adjacent to an activating group) is 1. The summed E-state index contributed by atoms with van der Waals surface area (Å²) in [7, 11) is 2.10. The number of piperazine rings is 1. The Kier molecular flexibility index (Phi) is 9.08. The number of nitrogens with zero attached hydrogens (tertiary/aromatic N) is 2. The molecule has 2 N–H and O–H groups in total. The zero-order valence-corrected chi connectivity index (χ0v) is 24.6. The maximum Gasteiger partial charge on any atom is 0.255 e. The Morgan fingerprint density at radius 1 is 0.907 bits per heavy atom. The van der Waals surface area contributed by atoms with Gasteiger partial charge in [0.1, 0.15) is 11.6 Å². The van der Waals surface area contributed by atoms with E-state index >= 15 is 0 Å². The van der Waals surface area contributed by atoms with Crippen LogP contribution in [0, 0.1) is 11.6 Å². The van der Waals surface area contributed by atoms with E-state index in [-0.39, 0.29) is 30.5 Å². The third kappa shape index (κ3) is 6.87. The summed E-state index contributed by atoms with van der Waals surface area (Å²) in [5.74, 6) is -1.59. The molecular weight excluding hydrogens is 570 g/mol. The van der Waals surface area contributed by atoms with Gasteiger partial charge in [0.05, 0.1) is 5.69 Å². The number of benzene rings is 3. The molecule has 0 saturated carbocycles. The molecule has 2 aliphatic rings. The molecule has 2 heterocycles. The summed E-state index contributed by atoms with van der Waals surface area (Å²) < 4.78 is 27.5. The van der Waals surface area contributed by atoms with Crippen molar-refractivity contribution in [3.8, 4) is 0 Å². The molecule has 0 spiro atoms. The Bertz CT molecular complexity index is 1660. The highest BCUT2D eigenvalue weighted by Gasteiger charge is 2.23. The molecule has 1 amide bonds. The Morgan fingerprint density at radius 3 is 2.40 bits per heavy atom. The van der Waals surface area contributed by atoms with Crippen molar-refractivity contribution in [2.75, 3.05) is 38.1 Å². The lowest BCUT2D eigenvalue weighted by atomic mass is 9.98. The summed E-state index contributed by atoms with van der Waals surface area (Å²) in [5.41, 5.74) is 6.68. The molecule has 0 radical (unpaired) electrons. The second kappa shape index (κ2) is 12.9. The number of carbonyl (C=O) groups is 2. The van der Waals surface area contributed by atoms with E-state index in [1.54, 1.807) is 18.3 Å². The molecule has 6 nitrogen and oxygen atoms in total. The van der Waals surface area contributed by atoms with E-state index in [1.807, 2.05) is 42.5 Å². The van der Waals surface area contributed by atoms with Crippen molar-refractivity contribution < 1.29 is 18.4 Å². The molecule has 1 aliphatic heterocycles. The molecule has 1 fully saturated rings. The number of carbonyl (C=O) groups excluding carboxylic acids is 2. The highest BCUT2D eigenvalue weighted by Crippen LogP contribution is 2.29. The number of H-pyrrole nitrogens is 1. The van der Waals surface area contributed by atoms with Crippen LogP contribution in [0.1, 0.15) is 48.7 Å². The fraction of sp³-hybridized carbons (Fsp3) is 0.235. The highest BCUT2D eigenvalue weighted by atomic mass is 35.5. The predicted molar refractivity (Wildman–Crippen MR) is 167 cm³/mol. The minimum absolute atomic E-state index is 0. The normalized spacial score (nSPS) is 14.6. The number of rotatable bonds is 8. The number of fused-ring (bicyclic) bond motifs is 1. The SMILES string of the molecule is CN1CCN(c2ccc(C(=O)NC3=CCc4ccc(Cc5cc(F)cc(F)c5)cc43)c(CC(=O)c3ccc[nH]3)c2)CC1.Cl. The fourth-order valence-corrected chi connectivity index (χ4v) is 5.72. The van der Waals surface area contributed by atoms with Crippen LogP contribution in [0.5, 0.6) is 0 Å². The predicted octanol–water partition coefficient (Wildman–Crippen LogP) is 5.81. The van der Waals surface area contributed by atoms with Crippen molar-refractivity contribution in [2.24, 2.45) is 0 Å². The van der Waals surface area contributed by atoms with Gasteiger partial charge in [0.25, 0.3) is 5.91 Å². The van der Waals surface area contributed by atoms with Gasteiger partial charge in [0.2, 0.25) is 0 Å². The number of amides is 1. The largest absolute Gasteiger partial charge is 0.369 e. The molecule has 4 aromatic rings. The molecule has 1 aromatic heterocycles. The molecule has 0 unspecified atom stereocenters. The van der Waals surface area contributed by atoms with Crippen molar-refractivity contribution in [3.63, 3.8) is 0 Å². The third-order valence-electron chi connectivity index (χ3n) is 8.02. The van der Waals surface area contributed by atoms with Crippen LogP contribution in [-0.2, 0) is 19.3 Å². The van der Waals surface area contributed by atoms with Gasteiger partial charge < -0.3 is 20.1 Å². The van der Waals surface area contributed by atoms with Crippen LogP contribution in [-0.4, -0.2) is 54.8 Å². The molecule has 1 saturated heterocycles. The first kappa shape index (κ1) is 30.2. The van der Waals surface area contributed by atoms with Crippen molar-refractivity contribution in [2.45, 2.75) is 19.3 Å². The van der Waals surface area contributed by atoms with Gasteiger partial charge in [-0.15, -0.1) is 12.4 Å². The molecular formula is C34H33ClF2N4O2. The smallest absolute Gasteiger partial charge is 0.255 e. The minimum Gasteiger partial charge on any atom is -0.369 e. The van der Waals surface area contributed by atoms with Gasteiger partial charge in [0, 0.05) is 67.4 Å². The first-order valence-corrected chi connectivity index (χ1v) is 14.1. The summed E-state index contributed by atoms with van der Waals surface area (Å²) >= 11 is 0. The summed E-state index contributed by atoms with van der Waals surface area (Å²) in [4.78, 5) is 34.3. The van der Waals surface area contributed by atoms with Gasteiger partial charge in [-0.2, -0.15) is 0 Å². The summed E-state index contributed by atoms with van der Waals surface area (Å²) in [6.45, 7) is 3.64. The number of anilines is 1. The van der Waals surface area contributed by atoms with Crippen LogP contribution in [0.3, 0.4) is 0 Å². The van der Waals surface area contributed by atoms with Crippen molar-refractivity contribution in [3.05, 3.63) is 130 Å². The van der Waals surface area contributed by atoms with E-state index in [0.29, 0.717) is 40.9 Å². The Hall–Kier alpha value is -4.27. The van der Waals surface area contributed by atoms with Gasteiger partial charge in [0.15, 0.2) is 5.78 Å². The summed E-state index contributed by atoms with van der Waals surface area (Å²) in [6.07, 6.45) is 4.80. The number of allylic oxidation sites excluding steroid dienone is 1. The minimum atomic E-state index is -0.608. The van der Waals surface area contributed by atoms with E-state index in [9.17, 15) is 18.4 Å². The second-order valence-corrected chi connectivity index (χ2v) is 11.0. The number of aromatic nitrogens is 1. The molecule has 6 rings (SSSR count). The Morgan fingerprint density at radius 2 is 1.67 bits per heavy atom. The lowest BCUT2D eigenvalue weighted by molar-refractivity contribution is 0.0972. The number of hydrogen-bond donors (Lipinski definition) is 2. The summed E-state index contributed by atoms with van der Waals surface area (Å²) in [5, 5.41) is 3.08. The molecule has 0 atom stereocenters. The van der Waals surface area contributed by atoms with Crippen LogP contribution in [0.25, 0.3) is 5.70 Å². The highest BCUT2D eigenvalue weighted by molar-refractivity contribution is 6.04. The number of halogens is 3. The summed E-state index contributed by atoms with van der Waals surface area (Å²) in [6, 6.07) is 18.7. The fourth-order valence-electron chi connectivity index (χ4n) is 5.72. The van der Waals surface area contributed by atoms with E-state index in [4.69, 9.17) is 0 Å². The van der Waals surface area contributed by atoms with Crippen LogP contribution in [0.15, 0.2) is 79.0 Å². The topological polar surface area (TPSA) is 68.4 Å². The lowest BCUT2D eigenvalue weighted by Crippen LogP contribution is -2.44. The third-order valence-corrected chi connectivity index (χ3v) is 8.02. The quantitative estimate of drug-likeness (QED) is 0.250. The lowest BCUT2D eigenvalue weighted by Gasteiger charge is -2.34. The Balaban J connectivity index is 0.00000368. The first-order valence-electron chi connectivity index (χ1n) is 14.1. The zero-order chi connectivity index (χ0) is 29.2. The van der Waals surface area contributed by atoms with E-state index < -0.39 is 11.6 Å². The van der Waals surface area contributed by atoms with Crippen LogP contribution in [0.2, 0.25) is 0 Å². The maximum absolute atomic E-state index is 13.7. The number of aromatic amines is 1. The maximum atomic E-state index is 13.7. The second-order valence-electron chi connectivity index (χ2n) is 11.0. The van der Waals surface area contributed by atoms with Gasteiger partial charge >= 0.3 is 0 Å². The number of hydrogen-bond acceptors (Lipinski definition) is 4. The van der Waals surface area contributed by atoms with Crippen molar-refractivity contribution in [1.29, 1.82) is 0 Å². The monoisotopic (exact) mass is 602 g/mol. The van der Waals surface area contributed by atoms with Gasteiger partial charge in [-0.05, 0) is 90.7 Å². The molecule has 43 heavy (non-hydrogen) atoms. The van der Waals surface area contributed by atoms with E-state index in [0.717, 1.165) is 54.6 Å². The average Bonchev–Trinajstić information content (AvgIpc) is 3.64. The number of nitrogens with one attached hydrogen (secondary N) is 2. The number of Topliss-reactive ketones (excluding diaryl/α,β-unsaturated/α-hetero) is 1. The van der Waals surface area contributed by atoms with Gasteiger partial charge in [-0.25, -0.2) is 8.78 Å². The van der Waals surface area contributed by atoms with Crippen LogP contribution >= 0.6 is 12.4 Å². The van der Waals surface area contributed by atoms with E-state index in [2.05, 4.69) is 27.1 Å². The van der Waals surface area contributed by atoms with Crippen LogP contribution < -0.4 is 10.2 Å². The first-order chi connectivity index (χ1) is 20.3. The number of ketones is 1. The average molecular weight is 603 g/mol. The molecule has 9 heteroatoms. The van der Waals surface area contributed by atoms with Crippen molar-refractivity contribution in [1.82, 2.24) is 15.2 Å². The van der Waals surface area contributed by atoms with E-state index in [1.165, 1.54) is 12.1 Å². The molecule has 1 aliphatic carbocycles. The van der Waals surface area contributed by atoms with Gasteiger partial charge in [-0.3, -0.25) is 9.59 Å². The zero-order valence-electron chi connectivity index (χ0n) is 23.8.